The molecule has 0 saturated heterocycles. The molecule has 2 rings (SSSR count). The molecule has 0 aliphatic heterocycles. The van der Waals surface area contributed by atoms with Gasteiger partial charge in [-0.25, -0.2) is 4.39 Å². The van der Waals surface area contributed by atoms with Gasteiger partial charge in [0.2, 0.25) is 0 Å². The molecule has 0 fully saturated rings. The van der Waals surface area contributed by atoms with Crippen molar-refractivity contribution in [2.45, 2.75) is 6.36 Å². The molecule has 0 saturated carbocycles. The average Bonchev–Trinajstić information content (AvgIpc) is 2.39. The molecule has 20 heavy (non-hydrogen) atoms. The van der Waals surface area contributed by atoms with Crippen molar-refractivity contribution in [2.24, 2.45) is 0 Å². The van der Waals surface area contributed by atoms with E-state index in [9.17, 15) is 17.6 Å². The van der Waals surface area contributed by atoms with Gasteiger partial charge in [0, 0.05) is 5.56 Å². The molecule has 0 aromatic heterocycles. The van der Waals surface area contributed by atoms with Crippen LogP contribution in [-0.2, 0) is 0 Å². The molecule has 0 N–H and O–H groups in total. The molecule has 0 spiro atoms. The number of ether oxygens (including phenoxy) is 2. The number of hydrogen-bond acceptors (Lipinski definition) is 2. The average molecular weight is 286 g/mol. The highest BCUT2D eigenvalue weighted by molar-refractivity contribution is 5.66. The normalized spacial score (nSPS) is 11.2. The van der Waals surface area contributed by atoms with Crippen molar-refractivity contribution in [3.8, 4) is 22.6 Å². The van der Waals surface area contributed by atoms with Gasteiger partial charge >= 0.3 is 6.36 Å². The maximum atomic E-state index is 13.7. The highest BCUT2D eigenvalue weighted by Gasteiger charge is 2.30. The van der Waals surface area contributed by atoms with Crippen molar-refractivity contribution in [3.05, 3.63) is 48.3 Å². The molecular weight excluding hydrogens is 276 g/mol. The highest BCUT2D eigenvalue weighted by Crippen LogP contribution is 2.30. The Bertz CT molecular complexity index is 591. The lowest BCUT2D eigenvalue weighted by Crippen LogP contribution is -2.16. The van der Waals surface area contributed by atoms with E-state index in [1.54, 1.807) is 0 Å². The van der Waals surface area contributed by atoms with Gasteiger partial charge in [-0.05, 0) is 35.9 Å². The summed E-state index contributed by atoms with van der Waals surface area (Å²) < 4.78 is 58.5. The third-order valence-electron chi connectivity index (χ3n) is 2.57. The second-order valence-electron chi connectivity index (χ2n) is 3.92. The van der Waals surface area contributed by atoms with Crippen LogP contribution in [0.5, 0.6) is 11.5 Å². The Hall–Kier alpha value is -2.24. The van der Waals surface area contributed by atoms with Gasteiger partial charge in [0.1, 0.15) is 17.3 Å². The summed E-state index contributed by atoms with van der Waals surface area (Å²) in [5.74, 6) is -0.392. The summed E-state index contributed by atoms with van der Waals surface area (Å²) in [6, 6.07) is 9.10. The first kappa shape index (κ1) is 14.2. The van der Waals surface area contributed by atoms with Crippen molar-refractivity contribution in [2.75, 3.05) is 7.11 Å². The molecule has 2 aromatic carbocycles. The topological polar surface area (TPSA) is 18.5 Å². The fourth-order valence-electron chi connectivity index (χ4n) is 1.69. The van der Waals surface area contributed by atoms with E-state index in [2.05, 4.69) is 4.74 Å². The van der Waals surface area contributed by atoms with Crippen molar-refractivity contribution in [1.82, 2.24) is 0 Å². The summed E-state index contributed by atoms with van der Waals surface area (Å²) in [4.78, 5) is 0. The molecule has 0 unspecified atom stereocenters. The first-order valence-corrected chi connectivity index (χ1v) is 5.59. The van der Waals surface area contributed by atoms with E-state index in [0.29, 0.717) is 11.3 Å². The number of alkyl halides is 3. The van der Waals surface area contributed by atoms with E-state index < -0.39 is 12.2 Å². The largest absolute Gasteiger partial charge is 0.573 e. The molecule has 0 aliphatic rings. The van der Waals surface area contributed by atoms with Gasteiger partial charge in [0.05, 0.1) is 7.11 Å². The van der Waals surface area contributed by atoms with E-state index in [1.807, 2.05) is 0 Å². The van der Waals surface area contributed by atoms with E-state index in [1.165, 1.54) is 37.4 Å². The van der Waals surface area contributed by atoms with Gasteiger partial charge in [-0.3, -0.25) is 0 Å². The highest BCUT2D eigenvalue weighted by atomic mass is 19.4. The number of methoxy groups -OCH3 is 1. The van der Waals surface area contributed by atoms with E-state index >= 15 is 0 Å². The standard InChI is InChI=1S/C14H10F4O2/c1-19-11-6-7-13(15)12(8-11)9-2-4-10(5-3-9)20-14(16,17)18/h2-8H,1H3. The van der Waals surface area contributed by atoms with Crippen LogP contribution in [-0.4, -0.2) is 13.5 Å². The van der Waals surface area contributed by atoms with E-state index in [-0.39, 0.29) is 11.3 Å². The Labute approximate surface area is 112 Å². The third kappa shape index (κ3) is 3.40. The van der Waals surface area contributed by atoms with Crippen LogP contribution < -0.4 is 9.47 Å². The lowest BCUT2D eigenvalue weighted by Gasteiger charge is -2.10. The number of benzene rings is 2. The molecule has 0 atom stereocenters. The zero-order valence-electron chi connectivity index (χ0n) is 10.4. The van der Waals surface area contributed by atoms with Gasteiger partial charge in [-0.2, -0.15) is 0 Å². The molecule has 2 nitrogen and oxygen atoms in total. The first-order valence-electron chi connectivity index (χ1n) is 5.59. The van der Waals surface area contributed by atoms with Crippen LogP contribution in [0.1, 0.15) is 0 Å². The van der Waals surface area contributed by atoms with Gasteiger partial charge in [-0.1, -0.05) is 12.1 Å². The molecule has 0 heterocycles. The second-order valence-corrected chi connectivity index (χ2v) is 3.92. The molecule has 0 radical (unpaired) electrons. The molecular formula is C14H10F4O2. The van der Waals surface area contributed by atoms with Crippen LogP contribution in [0.3, 0.4) is 0 Å². The SMILES string of the molecule is COc1ccc(F)c(-c2ccc(OC(F)(F)F)cc2)c1. The van der Waals surface area contributed by atoms with Crippen molar-refractivity contribution >= 4 is 0 Å². The maximum absolute atomic E-state index is 13.7. The molecule has 106 valence electrons. The third-order valence-corrected chi connectivity index (χ3v) is 2.57. The Balaban J connectivity index is 2.30. The van der Waals surface area contributed by atoms with Crippen molar-refractivity contribution in [1.29, 1.82) is 0 Å². The summed E-state index contributed by atoms with van der Waals surface area (Å²) in [7, 11) is 1.44. The van der Waals surface area contributed by atoms with E-state index in [4.69, 9.17) is 4.74 Å². The predicted molar refractivity (Wildman–Crippen MR) is 65.1 cm³/mol. The van der Waals surface area contributed by atoms with Crippen LogP contribution in [0.15, 0.2) is 42.5 Å². The molecule has 0 aliphatic carbocycles. The second kappa shape index (κ2) is 5.40. The summed E-state index contributed by atoms with van der Waals surface area (Å²) in [5, 5.41) is 0. The van der Waals surface area contributed by atoms with Crippen LogP contribution in [0.4, 0.5) is 17.6 Å². The van der Waals surface area contributed by atoms with Crippen LogP contribution in [0.2, 0.25) is 0 Å². The number of rotatable bonds is 3. The maximum Gasteiger partial charge on any atom is 0.573 e. The zero-order chi connectivity index (χ0) is 14.8. The summed E-state index contributed by atoms with van der Waals surface area (Å²) in [6.45, 7) is 0. The summed E-state index contributed by atoms with van der Waals surface area (Å²) >= 11 is 0. The van der Waals surface area contributed by atoms with Gasteiger partial charge in [0.25, 0.3) is 0 Å². The van der Waals surface area contributed by atoms with E-state index in [0.717, 1.165) is 12.1 Å². The smallest absolute Gasteiger partial charge is 0.497 e. The minimum atomic E-state index is -4.75. The molecule has 6 heteroatoms. The number of halogens is 4. The molecule has 0 amide bonds. The Morgan fingerprint density at radius 1 is 0.900 bits per heavy atom. The van der Waals surface area contributed by atoms with Crippen molar-refractivity contribution < 1.29 is 27.0 Å². The van der Waals surface area contributed by atoms with Gasteiger partial charge in [0.15, 0.2) is 0 Å². The van der Waals surface area contributed by atoms with Crippen LogP contribution in [0.25, 0.3) is 11.1 Å². The zero-order valence-corrected chi connectivity index (χ0v) is 10.4. The summed E-state index contributed by atoms with van der Waals surface area (Å²) in [5.41, 5.74) is 0.666. The van der Waals surface area contributed by atoms with Gasteiger partial charge in [-0.15, -0.1) is 13.2 Å². The van der Waals surface area contributed by atoms with Crippen molar-refractivity contribution in [3.63, 3.8) is 0 Å². The fraction of sp³-hybridized carbons (Fsp3) is 0.143. The predicted octanol–water partition coefficient (Wildman–Crippen LogP) is 4.40. The number of hydrogen-bond donors (Lipinski definition) is 0. The molecule has 0 bridgehead atoms. The molecule has 2 aromatic rings. The monoisotopic (exact) mass is 286 g/mol. The van der Waals surface area contributed by atoms with Gasteiger partial charge < -0.3 is 9.47 Å². The Morgan fingerprint density at radius 3 is 2.05 bits per heavy atom. The summed E-state index contributed by atoms with van der Waals surface area (Å²) in [6.07, 6.45) is -4.75. The Kier molecular flexibility index (Phi) is 3.83. The Morgan fingerprint density at radius 2 is 1.50 bits per heavy atom. The van der Waals surface area contributed by atoms with Crippen LogP contribution >= 0.6 is 0 Å². The van der Waals surface area contributed by atoms with Crippen LogP contribution in [0, 0.1) is 5.82 Å². The lowest BCUT2D eigenvalue weighted by atomic mass is 10.0. The first-order chi connectivity index (χ1) is 9.39. The quantitative estimate of drug-likeness (QED) is 0.779. The minimum Gasteiger partial charge on any atom is -0.497 e. The fourth-order valence-corrected chi connectivity index (χ4v) is 1.69. The minimum absolute atomic E-state index is 0.239. The lowest BCUT2D eigenvalue weighted by molar-refractivity contribution is -0.274.